The van der Waals surface area contributed by atoms with Gasteiger partial charge in [0.25, 0.3) is 0 Å². The van der Waals surface area contributed by atoms with Crippen LogP contribution in [-0.4, -0.2) is 14.0 Å². The molecule has 1 unspecified atom stereocenters. The smallest absolute Gasteiger partial charge is 0.215 e. The number of benzene rings is 1. The van der Waals surface area contributed by atoms with Crippen LogP contribution >= 0.6 is 0 Å². The molecule has 19 heavy (non-hydrogen) atoms. The molecule has 2 heterocycles. The largest absolute Gasteiger partial charge is 0.399 e. The van der Waals surface area contributed by atoms with Gasteiger partial charge in [-0.3, -0.25) is 4.40 Å². The summed E-state index contributed by atoms with van der Waals surface area (Å²) in [6, 6.07) is 6.02. The number of nitrogen functional groups attached to an aromatic ring is 1. The van der Waals surface area contributed by atoms with E-state index in [1.54, 1.807) is 0 Å². The number of aryl methyl sites for hydroxylation is 1. The number of nitrogens with two attached hydrogens (primary N) is 1. The first-order chi connectivity index (χ1) is 9.16. The van der Waals surface area contributed by atoms with E-state index in [4.69, 9.17) is 10.7 Å². The van der Waals surface area contributed by atoms with Gasteiger partial charge in [0, 0.05) is 18.7 Å². The Morgan fingerprint density at radius 3 is 3.00 bits per heavy atom. The van der Waals surface area contributed by atoms with Gasteiger partial charge in [-0.15, -0.1) is 0 Å². The van der Waals surface area contributed by atoms with E-state index in [9.17, 15) is 0 Å². The van der Waals surface area contributed by atoms with Gasteiger partial charge in [-0.05, 0) is 30.7 Å². The maximum atomic E-state index is 5.94. The third kappa shape index (κ3) is 1.26. The Morgan fingerprint density at radius 2 is 2.16 bits per heavy atom. The highest BCUT2D eigenvalue weighted by Crippen LogP contribution is 2.33. The van der Waals surface area contributed by atoms with E-state index in [2.05, 4.69) is 41.2 Å². The minimum absolute atomic E-state index is 0.482. The molecule has 0 bridgehead atoms. The van der Waals surface area contributed by atoms with Crippen LogP contribution in [0.5, 0.6) is 0 Å². The summed E-state index contributed by atoms with van der Waals surface area (Å²) in [5.41, 5.74) is 11.4. The van der Waals surface area contributed by atoms with Gasteiger partial charge in [0.15, 0.2) is 0 Å². The van der Waals surface area contributed by atoms with Gasteiger partial charge in [-0.25, -0.2) is 4.98 Å². The molecule has 0 aliphatic heterocycles. The fraction of sp³-hybridized carbons (Fsp3) is 0.267. The summed E-state index contributed by atoms with van der Waals surface area (Å²) >= 11 is 0. The second-order valence-corrected chi connectivity index (χ2v) is 5.36. The number of anilines is 1. The molecule has 3 aromatic rings. The fourth-order valence-corrected chi connectivity index (χ4v) is 3.03. The molecule has 1 aliphatic rings. The molecule has 0 radical (unpaired) electrons. The standard InChI is InChI=1S/C15H16N4/c1-9-4-3-5-12-14(9)17-15-18(2)11-7-6-10(16)8-13(11)19(12)15/h3,5-9H,4,16H2,1-2H3. The number of nitrogens with zero attached hydrogens (tertiary/aromatic N) is 3. The van der Waals surface area contributed by atoms with Crippen molar-refractivity contribution in [1.29, 1.82) is 0 Å². The number of hydrogen-bond donors (Lipinski definition) is 1. The van der Waals surface area contributed by atoms with Crippen molar-refractivity contribution in [3.8, 4) is 0 Å². The fourth-order valence-electron chi connectivity index (χ4n) is 3.03. The van der Waals surface area contributed by atoms with Gasteiger partial charge in [0.05, 0.1) is 22.4 Å². The molecule has 0 amide bonds. The summed E-state index contributed by atoms with van der Waals surface area (Å²) in [5, 5.41) is 0. The highest BCUT2D eigenvalue weighted by Gasteiger charge is 2.22. The number of allylic oxidation sites excluding steroid dienone is 1. The van der Waals surface area contributed by atoms with Crippen LogP contribution in [0.4, 0.5) is 5.69 Å². The molecule has 0 saturated heterocycles. The molecular weight excluding hydrogens is 236 g/mol. The molecule has 0 saturated carbocycles. The lowest BCUT2D eigenvalue weighted by Crippen LogP contribution is -2.00. The van der Waals surface area contributed by atoms with Crippen LogP contribution in [-0.2, 0) is 7.05 Å². The summed E-state index contributed by atoms with van der Waals surface area (Å²) in [7, 11) is 2.06. The Labute approximate surface area is 111 Å². The van der Waals surface area contributed by atoms with E-state index in [0.29, 0.717) is 5.92 Å². The maximum Gasteiger partial charge on any atom is 0.215 e. The third-order valence-corrected chi connectivity index (χ3v) is 4.06. The van der Waals surface area contributed by atoms with Crippen LogP contribution in [0.15, 0.2) is 24.3 Å². The minimum Gasteiger partial charge on any atom is -0.399 e. The Bertz CT molecular complexity index is 835. The van der Waals surface area contributed by atoms with Crippen LogP contribution in [0.1, 0.15) is 30.7 Å². The SMILES string of the molecule is CC1CC=Cc2c1nc1n(C)c3ccc(N)cc3n21. The van der Waals surface area contributed by atoms with Crippen LogP contribution in [0.25, 0.3) is 22.9 Å². The Morgan fingerprint density at radius 1 is 1.32 bits per heavy atom. The van der Waals surface area contributed by atoms with Gasteiger partial charge < -0.3 is 10.3 Å². The number of hydrogen-bond acceptors (Lipinski definition) is 2. The first-order valence-corrected chi connectivity index (χ1v) is 6.59. The average molecular weight is 252 g/mol. The highest BCUT2D eigenvalue weighted by atomic mass is 15.2. The van der Waals surface area contributed by atoms with Crippen LogP contribution in [0, 0.1) is 0 Å². The predicted octanol–water partition coefficient (Wildman–Crippen LogP) is 2.93. The summed E-state index contributed by atoms with van der Waals surface area (Å²) in [4.78, 5) is 4.83. The van der Waals surface area contributed by atoms with Crippen molar-refractivity contribution in [2.75, 3.05) is 5.73 Å². The zero-order valence-electron chi connectivity index (χ0n) is 11.1. The molecule has 2 aromatic heterocycles. The van der Waals surface area contributed by atoms with Gasteiger partial charge in [-0.2, -0.15) is 0 Å². The van der Waals surface area contributed by atoms with Gasteiger partial charge in [0.1, 0.15) is 0 Å². The molecule has 0 spiro atoms. The molecule has 4 nitrogen and oxygen atoms in total. The Hall–Kier alpha value is -2.23. The quantitative estimate of drug-likeness (QED) is 0.625. The first-order valence-electron chi connectivity index (χ1n) is 6.59. The van der Waals surface area contributed by atoms with Crippen LogP contribution in [0.3, 0.4) is 0 Å². The van der Waals surface area contributed by atoms with Crippen molar-refractivity contribution in [2.24, 2.45) is 7.05 Å². The molecule has 2 N–H and O–H groups in total. The lowest BCUT2D eigenvalue weighted by molar-refractivity contribution is 0.745. The Balaban J connectivity index is 2.23. The lowest BCUT2D eigenvalue weighted by Gasteiger charge is -2.12. The van der Waals surface area contributed by atoms with Crippen molar-refractivity contribution in [1.82, 2.24) is 14.0 Å². The summed E-state index contributed by atoms with van der Waals surface area (Å²) in [5.74, 6) is 1.47. The van der Waals surface area contributed by atoms with E-state index >= 15 is 0 Å². The molecule has 96 valence electrons. The van der Waals surface area contributed by atoms with Gasteiger partial charge in [0.2, 0.25) is 5.78 Å². The van der Waals surface area contributed by atoms with Gasteiger partial charge in [-0.1, -0.05) is 13.0 Å². The number of fused-ring (bicyclic) bond motifs is 5. The van der Waals surface area contributed by atoms with E-state index in [1.807, 2.05) is 12.1 Å². The molecule has 0 fully saturated rings. The molecule has 1 atom stereocenters. The van der Waals surface area contributed by atoms with Crippen molar-refractivity contribution in [2.45, 2.75) is 19.3 Å². The molecule has 4 heteroatoms. The first kappa shape index (κ1) is 10.7. The molecule has 1 aliphatic carbocycles. The Kier molecular flexibility index (Phi) is 1.91. The average Bonchev–Trinajstić information content (AvgIpc) is 2.89. The molecule has 1 aromatic carbocycles. The van der Waals surface area contributed by atoms with E-state index in [-0.39, 0.29) is 0 Å². The lowest BCUT2D eigenvalue weighted by atomic mass is 9.97. The van der Waals surface area contributed by atoms with Crippen molar-refractivity contribution < 1.29 is 0 Å². The van der Waals surface area contributed by atoms with Crippen molar-refractivity contribution >= 4 is 28.6 Å². The maximum absolute atomic E-state index is 5.94. The second-order valence-electron chi connectivity index (χ2n) is 5.36. The number of imidazole rings is 2. The van der Waals surface area contributed by atoms with Crippen molar-refractivity contribution in [3.05, 3.63) is 35.7 Å². The summed E-state index contributed by atoms with van der Waals surface area (Å²) in [6.07, 6.45) is 5.47. The van der Waals surface area contributed by atoms with E-state index in [0.717, 1.165) is 28.9 Å². The van der Waals surface area contributed by atoms with E-state index < -0.39 is 0 Å². The zero-order chi connectivity index (χ0) is 13.1. The topological polar surface area (TPSA) is 48.2 Å². The summed E-state index contributed by atoms with van der Waals surface area (Å²) < 4.78 is 4.35. The third-order valence-electron chi connectivity index (χ3n) is 4.06. The highest BCUT2D eigenvalue weighted by molar-refractivity contribution is 5.85. The van der Waals surface area contributed by atoms with Crippen molar-refractivity contribution in [3.63, 3.8) is 0 Å². The monoisotopic (exact) mass is 252 g/mol. The summed E-state index contributed by atoms with van der Waals surface area (Å²) in [6.45, 7) is 2.23. The van der Waals surface area contributed by atoms with Crippen LogP contribution in [0.2, 0.25) is 0 Å². The van der Waals surface area contributed by atoms with Crippen LogP contribution < -0.4 is 5.73 Å². The second kappa shape index (κ2) is 3.41. The molecular formula is C15H16N4. The normalized spacial score (nSPS) is 18.3. The van der Waals surface area contributed by atoms with E-state index in [1.165, 1.54) is 11.4 Å². The van der Waals surface area contributed by atoms with Gasteiger partial charge >= 0.3 is 0 Å². The number of rotatable bonds is 0. The minimum atomic E-state index is 0.482. The molecule has 4 rings (SSSR count). The zero-order valence-corrected chi connectivity index (χ0v) is 11.1. The predicted molar refractivity (Wildman–Crippen MR) is 78.1 cm³/mol. The number of aromatic nitrogens is 3.